The molecule has 0 spiro atoms. The second-order valence-electron chi connectivity index (χ2n) is 3.78. The fraction of sp³-hybridized carbons (Fsp3) is 0.154. The van der Waals surface area contributed by atoms with Crippen LogP contribution in [0.3, 0.4) is 0 Å². The van der Waals surface area contributed by atoms with Crippen LogP contribution >= 0.6 is 0 Å². The molecule has 1 heterocycles. The van der Waals surface area contributed by atoms with E-state index < -0.39 is 0 Å². The Hall–Kier alpha value is -2.23. The molecule has 0 atom stereocenters. The van der Waals surface area contributed by atoms with Gasteiger partial charge in [-0.15, -0.1) is 0 Å². The van der Waals surface area contributed by atoms with Crippen LogP contribution in [0.4, 0.5) is 11.4 Å². The first-order valence-corrected chi connectivity index (χ1v) is 5.32. The van der Waals surface area contributed by atoms with Gasteiger partial charge in [0.25, 0.3) is 0 Å². The Morgan fingerprint density at radius 2 is 1.65 bits per heavy atom. The van der Waals surface area contributed by atoms with Crippen molar-refractivity contribution in [1.29, 1.82) is 0 Å². The van der Waals surface area contributed by atoms with Gasteiger partial charge in [0.05, 0.1) is 18.1 Å². The lowest BCUT2D eigenvalue weighted by molar-refractivity contribution is 0.101. The lowest BCUT2D eigenvalue weighted by atomic mass is 10.1. The van der Waals surface area contributed by atoms with Crippen LogP contribution < -0.4 is 5.32 Å². The van der Waals surface area contributed by atoms with Gasteiger partial charge in [0.1, 0.15) is 5.82 Å². The Bertz CT molecular complexity index is 517. The van der Waals surface area contributed by atoms with Crippen molar-refractivity contribution in [2.75, 3.05) is 5.32 Å². The first kappa shape index (κ1) is 11.3. The van der Waals surface area contributed by atoms with Gasteiger partial charge < -0.3 is 5.32 Å². The van der Waals surface area contributed by atoms with Crippen LogP contribution in [0.1, 0.15) is 23.1 Å². The van der Waals surface area contributed by atoms with E-state index >= 15 is 0 Å². The number of hydrogen-bond donors (Lipinski definition) is 1. The molecule has 0 saturated carbocycles. The Labute approximate surface area is 99.7 Å². The third-order valence-electron chi connectivity index (χ3n) is 2.36. The van der Waals surface area contributed by atoms with Crippen molar-refractivity contribution < 1.29 is 4.79 Å². The largest absolute Gasteiger partial charge is 0.353 e. The Morgan fingerprint density at radius 1 is 1.06 bits per heavy atom. The van der Waals surface area contributed by atoms with E-state index in [1.807, 2.05) is 19.1 Å². The van der Waals surface area contributed by atoms with Crippen LogP contribution in [0.2, 0.25) is 0 Å². The van der Waals surface area contributed by atoms with Gasteiger partial charge in [-0.3, -0.25) is 4.79 Å². The molecule has 4 nitrogen and oxygen atoms in total. The van der Waals surface area contributed by atoms with Crippen LogP contribution in [0.25, 0.3) is 0 Å². The molecule has 0 bridgehead atoms. The molecule has 2 rings (SSSR count). The molecule has 1 aromatic carbocycles. The first-order chi connectivity index (χ1) is 8.15. The number of nitrogens with one attached hydrogen (secondary N) is 1. The van der Waals surface area contributed by atoms with Crippen molar-refractivity contribution in [2.45, 2.75) is 13.8 Å². The van der Waals surface area contributed by atoms with Crippen molar-refractivity contribution in [3.05, 3.63) is 48.0 Å². The molecule has 0 amide bonds. The predicted molar refractivity (Wildman–Crippen MR) is 66.5 cm³/mol. The van der Waals surface area contributed by atoms with Gasteiger partial charge in [-0.2, -0.15) is 0 Å². The summed E-state index contributed by atoms with van der Waals surface area (Å²) in [4.78, 5) is 19.3. The lowest BCUT2D eigenvalue weighted by Crippen LogP contribution is -1.95. The number of ketones is 1. The topological polar surface area (TPSA) is 54.9 Å². The average Bonchev–Trinajstić information content (AvgIpc) is 2.33. The molecule has 0 aliphatic carbocycles. The maximum Gasteiger partial charge on any atom is 0.159 e. The van der Waals surface area contributed by atoms with Crippen LogP contribution in [0.15, 0.2) is 36.7 Å². The zero-order valence-corrected chi connectivity index (χ0v) is 9.77. The molecule has 86 valence electrons. The lowest BCUT2D eigenvalue weighted by Gasteiger charge is -2.06. The summed E-state index contributed by atoms with van der Waals surface area (Å²) >= 11 is 0. The number of aryl methyl sites for hydroxylation is 1. The Morgan fingerprint density at radius 3 is 2.18 bits per heavy atom. The minimum atomic E-state index is 0.0650. The molecule has 1 aromatic heterocycles. The van der Waals surface area contributed by atoms with Crippen molar-refractivity contribution in [3.63, 3.8) is 0 Å². The number of rotatable bonds is 3. The molecular weight excluding hydrogens is 214 g/mol. The number of carbonyl (C=O) groups is 1. The molecule has 0 saturated heterocycles. The second-order valence-corrected chi connectivity index (χ2v) is 3.78. The van der Waals surface area contributed by atoms with Gasteiger partial charge >= 0.3 is 0 Å². The summed E-state index contributed by atoms with van der Waals surface area (Å²) in [5, 5.41) is 3.16. The van der Waals surface area contributed by atoms with E-state index in [4.69, 9.17) is 0 Å². The highest BCUT2D eigenvalue weighted by Gasteiger charge is 1.99. The number of carbonyl (C=O) groups excluding carboxylic acids is 1. The van der Waals surface area contributed by atoms with Crippen LogP contribution in [-0.2, 0) is 0 Å². The number of hydrogen-bond acceptors (Lipinski definition) is 4. The van der Waals surface area contributed by atoms with E-state index in [0.29, 0.717) is 5.56 Å². The fourth-order valence-corrected chi connectivity index (χ4v) is 1.41. The number of anilines is 2. The molecule has 17 heavy (non-hydrogen) atoms. The third-order valence-corrected chi connectivity index (χ3v) is 2.36. The van der Waals surface area contributed by atoms with Crippen molar-refractivity contribution >= 4 is 17.2 Å². The number of nitrogens with zero attached hydrogens (tertiary/aromatic N) is 2. The molecule has 0 fully saturated rings. The van der Waals surface area contributed by atoms with Gasteiger partial charge in [-0.05, 0) is 38.1 Å². The first-order valence-electron chi connectivity index (χ1n) is 5.32. The van der Waals surface area contributed by atoms with Gasteiger partial charge in [-0.25, -0.2) is 9.97 Å². The van der Waals surface area contributed by atoms with E-state index in [1.165, 1.54) is 0 Å². The zero-order chi connectivity index (χ0) is 12.3. The van der Waals surface area contributed by atoms with Crippen molar-refractivity contribution in [3.8, 4) is 0 Å². The summed E-state index contributed by atoms with van der Waals surface area (Å²) in [6, 6.07) is 7.30. The Balaban J connectivity index is 2.13. The van der Waals surface area contributed by atoms with Gasteiger partial charge in [0, 0.05) is 11.3 Å². The van der Waals surface area contributed by atoms with Crippen molar-refractivity contribution in [1.82, 2.24) is 9.97 Å². The highest BCUT2D eigenvalue weighted by atomic mass is 16.1. The Kier molecular flexibility index (Phi) is 3.14. The molecule has 0 aliphatic rings. The highest BCUT2D eigenvalue weighted by Crippen LogP contribution is 2.15. The molecular formula is C13H13N3O. The summed E-state index contributed by atoms with van der Waals surface area (Å²) in [5.74, 6) is 0.803. The minimum absolute atomic E-state index is 0.0650. The maximum atomic E-state index is 11.1. The van der Waals surface area contributed by atoms with Crippen molar-refractivity contribution in [2.24, 2.45) is 0 Å². The highest BCUT2D eigenvalue weighted by molar-refractivity contribution is 5.94. The predicted octanol–water partition coefficient (Wildman–Crippen LogP) is 2.73. The van der Waals surface area contributed by atoms with Gasteiger partial charge in [0.15, 0.2) is 5.78 Å². The van der Waals surface area contributed by atoms with Crippen LogP contribution in [0, 0.1) is 6.92 Å². The summed E-state index contributed by atoms with van der Waals surface area (Å²) in [7, 11) is 0. The number of benzene rings is 1. The van der Waals surface area contributed by atoms with Crippen LogP contribution in [0.5, 0.6) is 0 Å². The number of aromatic nitrogens is 2. The summed E-state index contributed by atoms with van der Waals surface area (Å²) in [6.07, 6.45) is 3.45. The zero-order valence-electron chi connectivity index (χ0n) is 9.77. The molecule has 0 radical (unpaired) electrons. The maximum absolute atomic E-state index is 11.1. The molecule has 4 heteroatoms. The normalized spacial score (nSPS) is 10.0. The van der Waals surface area contributed by atoms with E-state index in [2.05, 4.69) is 15.3 Å². The monoisotopic (exact) mass is 227 g/mol. The van der Waals surface area contributed by atoms with Gasteiger partial charge in [0.2, 0.25) is 0 Å². The smallest absolute Gasteiger partial charge is 0.159 e. The quantitative estimate of drug-likeness (QED) is 0.819. The average molecular weight is 227 g/mol. The standard InChI is InChI=1S/C13H13N3O/c1-9(17)11-3-5-12(6-4-11)16-13-7-14-10(2)15-8-13/h3-8,16H,1-2H3. The van der Waals surface area contributed by atoms with E-state index in [0.717, 1.165) is 17.2 Å². The van der Waals surface area contributed by atoms with E-state index in [-0.39, 0.29) is 5.78 Å². The molecule has 2 aromatic rings. The molecule has 0 aliphatic heterocycles. The van der Waals surface area contributed by atoms with Crippen LogP contribution in [-0.4, -0.2) is 15.8 Å². The molecule has 0 unspecified atom stereocenters. The summed E-state index contributed by atoms with van der Waals surface area (Å²) in [6.45, 7) is 3.39. The van der Waals surface area contributed by atoms with Gasteiger partial charge in [-0.1, -0.05) is 0 Å². The molecule has 1 N–H and O–H groups in total. The SMILES string of the molecule is CC(=O)c1ccc(Nc2cnc(C)nc2)cc1. The third kappa shape index (κ3) is 2.87. The second kappa shape index (κ2) is 4.74. The van der Waals surface area contributed by atoms with E-state index in [9.17, 15) is 4.79 Å². The van der Waals surface area contributed by atoms with E-state index in [1.54, 1.807) is 31.5 Å². The fourth-order valence-electron chi connectivity index (χ4n) is 1.41. The number of Topliss-reactive ketones (excluding diaryl/α,β-unsaturated/α-hetero) is 1. The minimum Gasteiger partial charge on any atom is -0.353 e. The summed E-state index contributed by atoms with van der Waals surface area (Å²) in [5.41, 5.74) is 2.43. The summed E-state index contributed by atoms with van der Waals surface area (Å²) < 4.78 is 0.